The van der Waals surface area contributed by atoms with Crippen LogP contribution in [-0.2, 0) is 9.53 Å². The largest absolute Gasteiger partial charge is 0.466 e. The molecule has 0 atom stereocenters. The van der Waals surface area contributed by atoms with Crippen molar-refractivity contribution in [1.29, 1.82) is 0 Å². The Morgan fingerprint density at radius 2 is 1.89 bits per heavy atom. The van der Waals surface area contributed by atoms with E-state index < -0.39 is 0 Å². The van der Waals surface area contributed by atoms with Gasteiger partial charge < -0.3 is 15.8 Å². The number of ether oxygens (including phenoxy) is 1. The number of halogens is 1. The quantitative estimate of drug-likeness (QED) is 0.199. The third kappa shape index (κ3) is 15.4. The van der Waals surface area contributed by atoms with E-state index in [2.05, 4.69) is 17.2 Å². The normalized spacial score (nSPS) is 10.7. The first-order chi connectivity index (χ1) is 8.70. The van der Waals surface area contributed by atoms with Crippen LogP contribution < -0.4 is 11.1 Å². The van der Waals surface area contributed by atoms with E-state index in [9.17, 15) is 4.79 Å². The Morgan fingerprint density at radius 1 is 1.21 bits per heavy atom. The average Bonchev–Trinajstić information content (AvgIpc) is 2.35. The Bertz CT molecular complexity index is 248. The number of esters is 1. The number of rotatable bonds is 10. The molecule has 0 aliphatic rings. The first kappa shape index (κ1) is 20.8. The van der Waals surface area contributed by atoms with Crippen molar-refractivity contribution in [3.63, 3.8) is 0 Å². The summed E-state index contributed by atoms with van der Waals surface area (Å²) < 4.78 is 4.86. The van der Waals surface area contributed by atoms with Crippen molar-refractivity contribution in [3.8, 4) is 0 Å². The van der Waals surface area contributed by atoms with Gasteiger partial charge in [0.15, 0.2) is 5.96 Å². The number of nitrogens with zero attached hydrogens (tertiary/aromatic N) is 1. The van der Waals surface area contributed by atoms with Crippen LogP contribution in [0, 0.1) is 0 Å². The Balaban J connectivity index is 0. The van der Waals surface area contributed by atoms with Gasteiger partial charge in [0.25, 0.3) is 0 Å². The van der Waals surface area contributed by atoms with E-state index >= 15 is 0 Å². The van der Waals surface area contributed by atoms with E-state index in [0.717, 1.165) is 45.2 Å². The molecule has 0 rings (SSSR count). The third-order valence-electron chi connectivity index (χ3n) is 2.42. The van der Waals surface area contributed by atoms with Crippen LogP contribution in [0.1, 0.15) is 52.4 Å². The van der Waals surface area contributed by atoms with E-state index in [1.165, 1.54) is 0 Å². The SMILES string of the molecule is CCCN=C(N)NCCCCCCC(=O)OCC.I. The predicted octanol–water partition coefficient (Wildman–Crippen LogP) is 2.43. The van der Waals surface area contributed by atoms with Crippen molar-refractivity contribution in [1.82, 2.24) is 5.32 Å². The number of hydrogen-bond donors (Lipinski definition) is 2. The summed E-state index contributed by atoms with van der Waals surface area (Å²) in [6.07, 6.45) is 5.63. The van der Waals surface area contributed by atoms with Crippen molar-refractivity contribution in [2.75, 3.05) is 19.7 Å². The average molecular weight is 385 g/mol. The molecule has 0 saturated carbocycles. The van der Waals surface area contributed by atoms with Gasteiger partial charge in [0.1, 0.15) is 0 Å². The van der Waals surface area contributed by atoms with Gasteiger partial charge in [-0.25, -0.2) is 0 Å². The molecular formula is C13H28IN3O2. The third-order valence-corrected chi connectivity index (χ3v) is 2.42. The Kier molecular flexibility index (Phi) is 17.0. The maximum atomic E-state index is 11.1. The smallest absolute Gasteiger partial charge is 0.305 e. The molecule has 0 amide bonds. The molecule has 0 radical (unpaired) electrons. The van der Waals surface area contributed by atoms with Crippen molar-refractivity contribution < 1.29 is 9.53 Å². The Hall–Kier alpha value is -0.530. The summed E-state index contributed by atoms with van der Waals surface area (Å²) in [4.78, 5) is 15.2. The van der Waals surface area contributed by atoms with Crippen LogP contribution in [0.4, 0.5) is 0 Å². The predicted molar refractivity (Wildman–Crippen MR) is 89.9 cm³/mol. The number of carbonyl (C=O) groups is 1. The lowest BCUT2D eigenvalue weighted by Crippen LogP contribution is -2.32. The van der Waals surface area contributed by atoms with Gasteiger partial charge in [-0.2, -0.15) is 0 Å². The fourth-order valence-corrected chi connectivity index (χ4v) is 1.49. The highest BCUT2D eigenvalue weighted by Crippen LogP contribution is 2.03. The van der Waals surface area contributed by atoms with E-state index in [-0.39, 0.29) is 29.9 Å². The monoisotopic (exact) mass is 385 g/mol. The molecule has 0 aromatic rings. The molecule has 0 unspecified atom stereocenters. The standard InChI is InChI=1S/C13H27N3O2.HI/c1-3-10-15-13(14)16-11-8-6-5-7-9-12(17)18-4-2;/h3-11H2,1-2H3,(H3,14,15,16);1H. The van der Waals surface area contributed by atoms with Gasteiger partial charge in [0, 0.05) is 19.5 Å². The van der Waals surface area contributed by atoms with E-state index in [0.29, 0.717) is 19.0 Å². The number of nitrogens with one attached hydrogen (secondary N) is 1. The minimum Gasteiger partial charge on any atom is -0.466 e. The number of guanidine groups is 1. The van der Waals surface area contributed by atoms with E-state index in [1.54, 1.807) is 0 Å². The van der Waals surface area contributed by atoms with Gasteiger partial charge in [-0.1, -0.05) is 19.8 Å². The molecule has 5 nitrogen and oxygen atoms in total. The highest BCUT2D eigenvalue weighted by atomic mass is 127. The fraction of sp³-hybridized carbons (Fsp3) is 0.846. The van der Waals surface area contributed by atoms with E-state index in [4.69, 9.17) is 10.5 Å². The second-order valence-electron chi connectivity index (χ2n) is 4.16. The summed E-state index contributed by atoms with van der Waals surface area (Å²) in [5, 5.41) is 3.07. The van der Waals surface area contributed by atoms with Crippen molar-refractivity contribution in [2.24, 2.45) is 10.7 Å². The van der Waals surface area contributed by atoms with Crippen molar-refractivity contribution in [2.45, 2.75) is 52.4 Å². The summed E-state index contributed by atoms with van der Waals surface area (Å²) in [6.45, 7) is 5.99. The molecule has 0 bridgehead atoms. The Morgan fingerprint density at radius 3 is 2.53 bits per heavy atom. The van der Waals surface area contributed by atoms with Gasteiger partial charge in [-0.15, -0.1) is 24.0 Å². The van der Waals surface area contributed by atoms with Crippen molar-refractivity contribution in [3.05, 3.63) is 0 Å². The molecule has 0 saturated heterocycles. The Labute approximate surface area is 133 Å². The molecule has 0 aromatic carbocycles. The second kappa shape index (κ2) is 15.5. The maximum absolute atomic E-state index is 11.1. The summed E-state index contributed by atoms with van der Waals surface area (Å²) in [5.41, 5.74) is 5.65. The minimum atomic E-state index is -0.0911. The van der Waals surface area contributed by atoms with E-state index in [1.807, 2.05) is 6.92 Å². The zero-order valence-electron chi connectivity index (χ0n) is 12.1. The van der Waals surface area contributed by atoms with Gasteiger partial charge >= 0.3 is 5.97 Å². The van der Waals surface area contributed by atoms with Gasteiger partial charge in [-0.3, -0.25) is 9.79 Å². The van der Waals surface area contributed by atoms with Gasteiger partial charge in [0.2, 0.25) is 0 Å². The molecule has 6 heteroatoms. The topological polar surface area (TPSA) is 76.7 Å². The molecule has 114 valence electrons. The molecule has 0 aliphatic carbocycles. The lowest BCUT2D eigenvalue weighted by molar-refractivity contribution is -0.143. The van der Waals surface area contributed by atoms with Crippen LogP contribution in [0.2, 0.25) is 0 Å². The molecule has 0 aromatic heterocycles. The first-order valence-electron chi connectivity index (χ1n) is 6.90. The molecule has 0 heterocycles. The number of nitrogens with two attached hydrogens (primary N) is 1. The summed E-state index contributed by atoms with van der Waals surface area (Å²) in [7, 11) is 0. The zero-order valence-corrected chi connectivity index (χ0v) is 14.4. The molecule has 0 aliphatic heterocycles. The van der Waals surface area contributed by atoms with Crippen LogP contribution in [0.5, 0.6) is 0 Å². The number of carbonyl (C=O) groups excluding carboxylic acids is 1. The van der Waals surface area contributed by atoms with Crippen LogP contribution >= 0.6 is 24.0 Å². The number of hydrogen-bond acceptors (Lipinski definition) is 3. The summed E-state index contributed by atoms with van der Waals surface area (Å²) in [5.74, 6) is 0.440. The summed E-state index contributed by atoms with van der Waals surface area (Å²) >= 11 is 0. The highest BCUT2D eigenvalue weighted by Gasteiger charge is 2.00. The lowest BCUT2D eigenvalue weighted by Gasteiger charge is -2.05. The van der Waals surface area contributed by atoms with Gasteiger partial charge in [0.05, 0.1) is 6.61 Å². The highest BCUT2D eigenvalue weighted by molar-refractivity contribution is 14.0. The lowest BCUT2D eigenvalue weighted by atomic mass is 10.1. The zero-order chi connectivity index (χ0) is 13.6. The first-order valence-corrected chi connectivity index (χ1v) is 6.90. The molecule has 0 spiro atoms. The molecule has 19 heavy (non-hydrogen) atoms. The molecular weight excluding hydrogens is 357 g/mol. The number of aliphatic imine (C=N–C) groups is 1. The minimum absolute atomic E-state index is 0. The summed E-state index contributed by atoms with van der Waals surface area (Å²) in [6, 6.07) is 0. The van der Waals surface area contributed by atoms with Crippen LogP contribution in [-0.4, -0.2) is 31.6 Å². The van der Waals surface area contributed by atoms with Gasteiger partial charge in [-0.05, 0) is 26.2 Å². The maximum Gasteiger partial charge on any atom is 0.305 e. The van der Waals surface area contributed by atoms with Crippen LogP contribution in [0.25, 0.3) is 0 Å². The molecule has 3 N–H and O–H groups in total. The van der Waals surface area contributed by atoms with Crippen molar-refractivity contribution >= 4 is 35.9 Å². The second-order valence-corrected chi connectivity index (χ2v) is 4.16. The van der Waals surface area contributed by atoms with Crippen LogP contribution in [0.15, 0.2) is 4.99 Å². The van der Waals surface area contributed by atoms with Crippen LogP contribution in [0.3, 0.4) is 0 Å². The number of unbranched alkanes of at least 4 members (excludes halogenated alkanes) is 3. The molecule has 0 fully saturated rings. The fourth-order valence-electron chi connectivity index (χ4n) is 1.49.